The standard InChI is InChI=1S/C28H33N3O3/c1-17-13-14-20(30-24-16-31(27(33)34)25(24)28(3,4)5)15-23(17)26(32)29-18(2)21-12-8-10-19-9-6-7-11-22(19)21/h6-15,18,24-25,30H,16H2,1-5H3,(H,29,32)(H,33,34). The maximum atomic E-state index is 13.2. The second kappa shape index (κ2) is 9.01. The molecule has 0 spiro atoms. The zero-order chi connectivity index (χ0) is 24.6. The van der Waals surface area contributed by atoms with Crippen LogP contribution in [0, 0.1) is 12.3 Å². The highest BCUT2D eigenvalue weighted by atomic mass is 16.4. The Morgan fingerprint density at radius 1 is 1.06 bits per heavy atom. The molecular formula is C28H33N3O3. The first-order valence-corrected chi connectivity index (χ1v) is 11.7. The molecule has 0 aromatic heterocycles. The van der Waals surface area contributed by atoms with Crippen LogP contribution in [0.1, 0.15) is 55.2 Å². The van der Waals surface area contributed by atoms with Gasteiger partial charge in [0.05, 0.1) is 18.1 Å². The number of likely N-dealkylation sites (tertiary alicyclic amines) is 1. The highest BCUT2D eigenvalue weighted by molar-refractivity contribution is 5.97. The number of aryl methyl sites for hydroxylation is 1. The molecule has 3 aromatic rings. The zero-order valence-electron chi connectivity index (χ0n) is 20.4. The van der Waals surface area contributed by atoms with Gasteiger partial charge in [-0.1, -0.05) is 69.3 Å². The van der Waals surface area contributed by atoms with Gasteiger partial charge in [0.25, 0.3) is 5.91 Å². The largest absolute Gasteiger partial charge is 0.465 e. The topological polar surface area (TPSA) is 81.7 Å². The Labute approximate surface area is 201 Å². The number of carbonyl (C=O) groups excluding carboxylic acids is 1. The van der Waals surface area contributed by atoms with E-state index < -0.39 is 6.09 Å². The predicted octanol–water partition coefficient (Wildman–Crippen LogP) is 5.83. The summed E-state index contributed by atoms with van der Waals surface area (Å²) in [4.78, 5) is 26.3. The number of amides is 2. The lowest BCUT2D eigenvalue weighted by molar-refractivity contribution is 0.00831. The molecule has 1 heterocycles. The van der Waals surface area contributed by atoms with Gasteiger partial charge in [-0.05, 0) is 53.3 Å². The van der Waals surface area contributed by atoms with Crippen LogP contribution in [0.15, 0.2) is 60.7 Å². The van der Waals surface area contributed by atoms with E-state index in [1.54, 1.807) is 0 Å². The summed E-state index contributed by atoms with van der Waals surface area (Å²) in [6.45, 7) is 10.5. The summed E-state index contributed by atoms with van der Waals surface area (Å²) < 4.78 is 0. The second-order valence-electron chi connectivity index (χ2n) is 10.3. The number of anilines is 1. The Kier molecular flexibility index (Phi) is 6.26. The van der Waals surface area contributed by atoms with Crippen LogP contribution >= 0.6 is 0 Å². The van der Waals surface area contributed by atoms with Gasteiger partial charge in [0.15, 0.2) is 0 Å². The fraction of sp³-hybridized carbons (Fsp3) is 0.357. The van der Waals surface area contributed by atoms with Gasteiger partial charge < -0.3 is 20.6 Å². The van der Waals surface area contributed by atoms with Gasteiger partial charge in [0.1, 0.15) is 0 Å². The van der Waals surface area contributed by atoms with Crippen molar-refractivity contribution < 1.29 is 14.7 Å². The van der Waals surface area contributed by atoms with E-state index >= 15 is 0 Å². The number of fused-ring (bicyclic) bond motifs is 1. The SMILES string of the molecule is Cc1ccc(NC2CN(C(=O)O)C2C(C)(C)C)cc1C(=O)NC(C)c1cccc2ccccc12. The van der Waals surface area contributed by atoms with E-state index in [2.05, 4.69) is 34.9 Å². The van der Waals surface area contributed by atoms with E-state index in [-0.39, 0.29) is 29.4 Å². The molecule has 34 heavy (non-hydrogen) atoms. The Balaban J connectivity index is 1.52. The summed E-state index contributed by atoms with van der Waals surface area (Å²) in [5.41, 5.74) is 3.19. The summed E-state index contributed by atoms with van der Waals surface area (Å²) >= 11 is 0. The lowest BCUT2D eigenvalue weighted by Gasteiger charge is -2.53. The molecule has 0 radical (unpaired) electrons. The number of nitrogens with zero attached hydrogens (tertiary/aromatic N) is 1. The van der Waals surface area contributed by atoms with Crippen molar-refractivity contribution in [2.45, 2.75) is 52.7 Å². The highest BCUT2D eigenvalue weighted by Crippen LogP contribution is 2.36. The summed E-state index contributed by atoms with van der Waals surface area (Å²) in [6.07, 6.45) is -0.899. The van der Waals surface area contributed by atoms with Gasteiger partial charge in [-0.3, -0.25) is 4.79 Å². The monoisotopic (exact) mass is 459 g/mol. The van der Waals surface area contributed by atoms with Crippen molar-refractivity contribution in [1.82, 2.24) is 10.2 Å². The van der Waals surface area contributed by atoms with E-state index in [1.807, 2.05) is 71.0 Å². The minimum atomic E-state index is -0.899. The Bertz CT molecular complexity index is 1230. The first-order valence-electron chi connectivity index (χ1n) is 11.7. The molecule has 6 nitrogen and oxygen atoms in total. The Morgan fingerprint density at radius 2 is 1.76 bits per heavy atom. The van der Waals surface area contributed by atoms with Crippen molar-refractivity contribution in [1.29, 1.82) is 0 Å². The maximum absolute atomic E-state index is 13.2. The molecule has 3 atom stereocenters. The molecule has 1 fully saturated rings. The third kappa shape index (κ3) is 4.58. The molecule has 0 saturated carbocycles. The third-order valence-electron chi connectivity index (χ3n) is 6.72. The van der Waals surface area contributed by atoms with Crippen LogP contribution in [-0.2, 0) is 0 Å². The van der Waals surface area contributed by atoms with Crippen LogP contribution in [0.3, 0.4) is 0 Å². The fourth-order valence-electron chi connectivity index (χ4n) is 5.05. The van der Waals surface area contributed by atoms with Gasteiger partial charge in [-0.2, -0.15) is 0 Å². The average molecular weight is 460 g/mol. The lowest BCUT2D eigenvalue weighted by atomic mass is 9.76. The molecule has 4 rings (SSSR count). The minimum Gasteiger partial charge on any atom is -0.465 e. The van der Waals surface area contributed by atoms with Crippen LogP contribution in [0.25, 0.3) is 10.8 Å². The molecule has 178 valence electrons. The van der Waals surface area contributed by atoms with Crippen LogP contribution in [0.2, 0.25) is 0 Å². The van der Waals surface area contributed by atoms with Crippen molar-refractivity contribution in [3.63, 3.8) is 0 Å². The van der Waals surface area contributed by atoms with Crippen LogP contribution < -0.4 is 10.6 Å². The third-order valence-corrected chi connectivity index (χ3v) is 6.72. The fourth-order valence-corrected chi connectivity index (χ4v) is 5.05. The van der Waals surface area contributed by atoms with Crippen molar-refractivity contribution in [3.05, 3.63) is 77.4 Å². The number of hydrogen-bond acceptors (Lipinski definition) is 3. The predicted molar refractivity (Wildman–Crippen MR) is 136 cm³/mol. The number of nitrogens with one attached hydrogen (secondary N) is 2. The second-order valence-corrected chi connectivity index (χ2v) is 10.3. The van der Waals surface area contributed by atoms with Crippen molar-refractivity contribution in [3.8, 4) is 0 Å². The first-order chi connectivity index (χ1) is 16.1. The quantitative estimate of drug-likeness (QED) is 0.448. The molecule has 1 aliphatic heterocycles. The molecule has 6 heteroatoms. The number of benzene rings is 3. The molecular weight excluding hydrogens is 426 g/mol. The van der Waals surface area contributed by atoms with E-state index in [0.29, 0.717) is 12.1 Å². The highest BCUT2D eigenvalue weighted by Gasteiger charge is 2.48. The summed E-state index contributed by atoms with van der Waals surface area (Å²) in [7, 11) is 0. The zero-order valence-corrected chi connectivity index (χ0v) is 20.4. The van der Waals surface area contributed by atoms with Crippen molar-refractivity contribution in [2.24, 2.45) is 5.41 Å². The number of rotatable bonds is 5. The summed E-state index contributed by atoms with van der Waals surface area (Å²) in [5.74, 6) is -0.130. The van der Waals surface area contributed by atoms with Gasteiger partial charge in [0.2, 0.25) is 0 Å². The lowest BCUT2D eigenvalue weighted by Crippen LogP contribution is -2.69. The van der Waals surface area contributed by atoms with Gasteiger partial charge >= 0.3 is 6.09 Å². The van der Waals surface area contributed by atoms with Gasteiger partial charge in [-0.25, -0.2) is 4.79 Å². The molecule has 3 aromatic carbocycles. The normalized spacial score (nSPS) is 18.8. The Morgan fingerprint density at radius 3 is 2.47 bits per heavy atom. The van der Waals surface area contributed by atoms with Crippen LogP contribution in [-0.4, -0.2) is 40.6 Å². The molecule has 0 aliphatic carbocycles. The van der Waals surface area contributed by atoms with Crippen molar-refractivity contribution in [2.75, 3.05) is 11.9 Å². The number of hydrogen-bond donors (Lipinski definition) is 3. The molecule has 0 bridgehead atoms. The molecule has 1 aliphatic rings. The summed E-state index contributed by atoms with van der Waals surface area (Å²) in [6, 6.07) is 19.7. The smallest absolute Gasteiger partial charge is 0.407 e. The van der Waals surface area contributed by atoms with Gasteiger partial charge in [-0.15, -0.1) is 0 Å². The van der Waals surface area contributed by atoms with E-state index in [4.69, 9.17) is 0 Å². The molecule has 3 unspecified atom stereocenters. The number of carbonyl (C=O) groups is 2. The molecule has 3 N–H and O–H groups in total. The Hall–Kier alpha value is -3.54. The summed E-state index contributed by atoms with van der Waals surface area (Å²) in [5, 5.41) is 18.4. The van der Waals surface area contributed by atoms with E-state index in [0.717, 1.165) is 27.6 Å². The average Bonchev–Trinajstić information content (AvgIpc) is 2.75. The first kappa shape index (κ1) is 23.6. The minimum absolute atomic E-state index is 0.00989. The van der Waals surface area contributed by atoms with Gasteiger partial charge in [0, 0.05) is 17.8 Å². The van der Waals surface area contributed by atoms with Crippen molar-refractivity contribution >= 4 is 28.5 Å². The number of carboxylic acid groups (broad SMARTS) is 1. The van der Waals surface area contributed by atoms with Crippen LogP contribution in [0.4, 0.5) is 10.5 Å². The van der Waals surface area contributed by atoms with E-state index in [9.17, 15) is 14.7 Å². The maximum Gasteiger partial charge on any atom is 0.407 e. The molecule has 1 saturated heterocycles. The van der Waals surface area contributed by atoms with Crippen LogP contribution in [0.5, 0.6) is 0 Å². The molecule has 2 amide bonds. The van der Waals surface area contributed by atoms with E-state index in [1.165, 1.54) is 4.90 Å².